The van der Waals surface area contributed by atoms with E-state index in [9.17, 15) is 0 Å². The first-order valence-corrected chi connectivity index (χ1v) is 11.2. The van der Waals surface area contributed by atoms with Gasteiger partial charge in [0, 0.05) is 6.54 Å². The summed E-state index contributed by atoms with van der Waals surface area (Å²) in [4.78, 5) is 2.25. The number of hydrogen-bond donors (Lipinski definition) is 1. The zero-order valence-electron chi connectivity index (χ0n) is 18.8. The molecule has 2 N–H and O–H groups in total. The second kappa shape index (κ2) is 12.1. The van der Waals surface area contributed by atoms with Crippen molar-refractivity contribution in [1.82, 2.24) is 4.90 Å². The van der Waals surface area contributed by atoms with Gasteiger partial charge in [0.15, 0.2) is 0 Å². The molecule has 31 heavy (non-hydrogen) atoms. The Bertz CT molecular complexity index is 934. The first kappa shape index (κ1) is 22.8. The third-order valence-electron chi connectivity index (χ3n) is 5.47. The first-order chi connectivity index (χ1) is 15.2. The Morgan fingerprint density at radius 2 is 1.35 bits per heavy atom. The van der Waals surface area contributed by atoms with Gasteiger partial charge in [-0.25, -0.2) is 0 Å². The Morgan fingerprint density at radius 3 is 1.94 bits per heavy atom. The van der Waals surface area contributed by atoms with Crippen LogP contribution in [0.5, 0.6) is 5.75 Å². The molecule has 162 valence electrons. The minimum atomic E-state index is 0.673. The lowest BCUT2D eigenvalue weighted by Crippen LogP contribution is -2.26. The molecule has 0 amide bonds. The molecule has 0 bridgehead atoms. The average molecular weight is 415 g/mol. The van der Waals surface area contributed by atoms with Gasteiger partial charge in [-0.1, -0.05) is 79.7 Å². The smallest absolute Gasteiger partial charge is 0.119 e. The van der Waals surface area contributed by atoms with Gasteiger partial charge in [-0.2, -0.15) is 0 Å². The maximum Gasteiger partial charge on any atom is 0.119 e. The molecule has 3 aromatic rings. The predicted molar refractivity (Wildman–Crippen MR) is 132 cm³/mol. The van der Waals surface area contributed by atoms with Gasteiger partial charge in [0.05, 0.1) is 0 Å². The van der Waals surface area contributed by atoms with Crippen LogP contribution in [-0.2, 0) is 0 Å². The van der Waals surface area contributed by atoms with Gasteiger partial charge in [0.2, 0.25) is 0 Å². The monoisotopic (exact) mass is 414 g/mol. The molecular weight excluding hydrogens is 380 g/mol. The molecule has 0 spiro atoms. The highest BCUT2D eigenvalue weighted by Gasteiger charge is 2.13. The van der Waals surface area contributed by atoms with Crippen molar-refractivity contribution in [2.75, 3.05) is 33.3 Å². The third kappa shape index (κ3) is 6.55. The van der Waals surface area contributed by atoms with Crippen LogP contribution in [0, 0.1) is 0 Å². The Labute approximate surface area is 187 Å². The van der Waals surface area contributed by atoms with Crippen molar-refractivity contribution in [3.63, 3.8) is 0 Å². The summed E-state index contributed by atoms with van der Waals surface area (Å²) >= 11 is 0. The number of allylic oxidation sites excluding steroid dienone is 1. The highest BCUT2D eigenvalue weighted by atomic mass is 16.5. The highest BCUT2D eigenvalue weighted by molar-refractivity contribution is 5.98. The number of nitrogens with zero attached hydrogens (tertiary/aromatic N) is 1. The quantitative estimate of drug-likeness (QED) is 0.408. The van der Waals surface area contributed by atoms with E-state index in [1.54, 1.807) is 0 Å². The van der Waals surface area contributed by atoms with Crippen LogP contribution in [-0.4, -0.2) is 38.2 Å². The van der Waals surface area contributed by atoms with Crippen molar-refractivity contribution in [1.29, 1.82) is 0 Å². The summed E-state index contributed by atoms with van der Waals surface area (Å²) in [6.45, 7) is 5.52. The molecule has 0 unspecified atom stereocenters. The van der Waals surface area contributed by atoms with E-state index >= 15 is 0 Å². The van der Waals surface area contributed by atoms with E-state index in [0.717, 1.165) is 38.2 Å². The average Bonchev–Trinajstić information content (AvgIpc) is 2.83. The minimum Gasteiger partial charge on any atom is -0.492 e. The maximum atomic E-state index is 5.98. The molecule has 0 radical (unpaired) electrons. The number of likely N-dealkylation sites (N-methyl/N-ethyl adjacent to an activating group) is 1. The molecule has 3 nitrogen and oxygen atoms in total. The Balaban J connectivity index is 1.83. The number of rotatable bonds is 11. The van der Waals surface area contributed by atoms with Crippen LogP contribution in [0.25, 0.3) is 11.1 Å². The lowest BCUT2D eigenvalue weighted by atomic mass is 9.88. The molecule has 0 saturated carbocycles. The molecule has 0 aliphatic carbocycles. The predicted octanol–water partition coefficient (Wildman–Crippen LogP) is 5.72. The zero-order valence-corrected chi connectivity index (χ0v) is 18.8. The molecule has 0 heterocycles. The van der Waals surface area contributed by atoms with E-state index in [2.05, 4.69) is 104 Å². The van der Waals surface area contributed by atoms with Crippen LogP contribution in [0.15, 0.2) is 84.9 Å². The van der Waals surface area contributed by atoms with Crippen molar-refractivity contribution in [2.45, 2.75) is 19.8 Å². The fourth-order valence-electron chi connectivity index (χ4n) is 3.79. The topological polar surface area (TPSA) is 38.5 Å². The second-order valence-electron chi connectivity index (χ2n) is 7.76. The van der Waals surface area contributed by atoms with Crippen molar-refractivity contribution in [3.05, 3.63) is 102 Å². The van der Waals surface area contributed by atoms with Crippen molar-refractivity contribution >= 4 is 11.1 Å². The Kier molecular flexibility index (Phi) is 8.89. The lowest BCUT2D eigenvalue weighted by Gasteiger charge is -2.18. The Morgan fingerprint density at radius 1 is 0.774 bits per heavy atom. The SMILES string of the molecule is CC/C(=C(\c1ccccc1)c1ccc(OCCN(C)CCCN)cc1)c1ccccc1. The van der Waals surface area contributed by atoms with Gasteiger partial charge in [0.1, 0.15) is 12.4 Å². The van der Waals surface area contributed by atoms with Crippen molar-refractivity contribution in [2.24, 2.45) is 5.73 Å². The van der Waals surface area contributed by atoms with E-state index in [4.69, 9.17) is 10.5 Å². The normalized spacial score (nSPS) is 12.0. The van der Waals surface area contributed by atoms with Gasteiger partial charge in [0.25, 0.3) is 0 Å². The molecule has 0 aliphatic rings. The van der Waals surface area contributed by atoms with Crippen LogP contribution in [0.1, 0.15) is 36.5 Å². The largest absolute Gasteiger partial charge is 0.492 e. The van der Waals surface area contributed by atoms with Crippen LogP contribution in [0.2, 0.25) is 0 Å². The highest BCUT2D eigenvalue weighted by Crippen LogP contribution is 2.34. The fraction of sp³-hybridized carbons (Fsp3) is 0.286. The molecule has 0 aromatic heterocycles. The van der Waals surface area contributed by atoms with Crippen molar-refractivity contribution in [3.8, 4) is 5.75 Å². The van der Waals surface area contributed by atoms with E-state index in [1.165, 1.54) is 27.8 Å². The first-order valence-electron chi connectivity index (χ1n) is 11.2. The van der Waals surface area contributed by atoms with Gasteiger partial charge < -0.3 is 15.4 Å². The Hall–Kier alpha value is -2.88. The summed E-state index contributed by atoms with van der Waals surface area (Å²) in [6.07, 6.45) is 1.97. The number of nitrogens with two attached hydrogens (primary N) is 1. The van der Waals surface area contributed by atoms with E-state index in [0.29, 0.717) is 6.61 Å². The summed E-state index contributed by atoms with van der Waals surface area (Å²) in [5.74, 6) is 0.904. The van der Waals surface area contributed by atoms with E-state index in [-0.39, 0.29) is 0 Å². The zero-order chi connectivity index (χ0) is 21.9. The lowest BCUT2D eigenvalue weighted by molar-refractivity contribution is 0.236. The van der Waals surface area contributed by atoms with Gasteiger partial charge in [-0.05, 0) is 72.9 Å². The van der Waals surface area contributed by atoms with E-state index < -0.39 is 0 Å². The van der Waals surface area contributed by atoms with E-state index in [1.807, 2.05) is 0 Å². The number of benzene rings is 3. The summed E-state index contributed by atoms with van der Waals surface area (Å²) < 4.78 is 5.98. The molecule has 0 fully saturated rings. The van der Waals surface area contributed by atoms with Gasteiger partial charge >= 0.3 is 0 Å². The summed E-state index contributed by atoms with van der Waals surface area (Å²) in [5.41, 5.74) is 11.9. The van der Waals surface area contributed by atoms with Crippen molar-refractivity contribution < 1.29 is 4.74 Å². The third-order valence-corrected chi connectivity index (χ3v) is 5.47. The molecule has 3 aromatic carbocycles. The van der Waals surface area contributed by atoms with Gasteiger partial charge in [-0.15, -0.1) is 0 Å². The number of hydrogen-bond acceptors (Lipinski definition) is 3. The minimum absolute atomic E-state index is 0.673. The fourth-order valence-corrected chi connectivity index (χ4v) is 3.79. The van der Waals surface area contributed by atoms with Crippen LogP contribution in [0.4, 0.5) is 0 Å². The standard InChI is InChI=1S/C28H34N2O/c1-3-27(23-11-6-4-7-12-23)28(24-13-8-5-9-14-24)25-15-17-26(18-16-25)31-22-21-30(2)20-10-19-29/h4-9,11-18H,3,10,19-22,29H2,1-2H3/b28-27-. The van der Waals surface area contributed by atoms with Crippen LogP contribution >= 0.6 is 0 Å². The van der Waals surface area contributed by atoms with Crippen LogP contribution in [0.3, 0.4) is 0 Å². The molecule has 3 rings (SSSR count). The van der Waals surface area contributed by atoms with Crippen LogP contribution < -0.4 is 10.5 Å². The van der Waals surface area contributed by atoms with Gasteiger partial charge in [-0.3, -0.25) is 0 Å². The molecule has 0 atom stereocenters. The summed E-state index contributed by atoms with van der Waals surface area (Å²) in [5, 5.41) is 0. The molecular formula is C28H34N2O. The summed E-state index contributed by atoms with van der Waals surface area (Å²) in [6, 6.07) is 29.8. The second-order valence-corrected chi connectivity index (χ2v) is 7.76. The molecule has 0 saturated heterocycles. The number of ether oxygens (including phenoxy) is 1. The maximum absolute atomic E-state index is 5.98. The molecule has 3 heteroatoms. The summed E-state index contributed by atoms with van der Waals surface area (Å²) in [7, 11) is 2.11. The molecule has 0 aliphatic heterocycles.